The van der Waals surface area contributed by atoms with Crippen LogP contribution in [0.4, 0.5) is 9.59 Å². The summed E-state index contributed by atoms with van der Waals surface area (Å²) >= 11 is 0. The van der Waals surface area contributed by atoms with Crippen molar-refractivity contribution in [3.05, 3.63) is 179 Å². The van der Waals surface area contributed by atoms with E-state index in [2.05, 4.69) is 4.99 Å². The van der Waals surface area contributed by atoms with Crippen LogP contribution in [-0.2, 0) is 35.7 Å². The van der Waals surface area contributed by atoms with Crippen molar-refractivity contribution in [2.45, 2.75) is 39.2 Å². The molecule has 5 aromatic carbocycles. The monoisotopic (exact) mass is 665 g/mol. The van der Waals surface area contributed by atoms with Crippen molar-refractivity contribution in [3.8, 4) is 5.75 Å². The van der Waals surface area contributed by atoms with E-state index in [-0.39, 0.29) is 25.2 Å². The van der Waals surface area contributed by atoms with Crippen molar-refractivity contribution in [1.82, 2.24) is 9.80 Å². The van der Waals surface area contributed by atoms with Gasteiger partial charge in [0.1, 0.15) is 25.6 Å². The zero-order chi connectivity index (χ0) is 34.7. The Morgan fingerprint density at radius 2 is 1.20 bits per heavy atom. The van der Waals surface area contributed by atoms with E-state index < -0.39 is 12.2 Å². The highest BCUT2D eigenvalue weighted by molar-refractivity contribution is 6.03. The number of aliphatic imine (C=N–C) groups is 1. The van der Waals surface area contributed by atoms with E-state index in [1.807, 2.05) is 164 Å². The van der Waals surface area contributed by atoms with Gasteiger partial charge in [-0.1, -0.05) is 133 Å². The number of carbonyl (C=O) groups excluding carboxylic acids is 2. The molecule has 0 bridgehead atoms. The lowest BCUT2D eigenvalue weighted by atomic mass is 10.0. The number of nitrogens with zero attached hydrogens (tertiary/aromatic N) is 3. The molecule has 0 aromatic heterocycles. The molecule has 0 aliphatic carbocycles. The Bertz CT molecular complexity index is 1930. The molecule has 50 heavy (non-hydrogen) atoms. The zero-order valence-electron chi connectivity index (χ0n) is 28.1. The van der Waals surface area contributed by atoms with Crippen LogP contribution in [0.5, 0.6) is 5.75 Å². The molecule has 8 heteroatoms. The molecular formula is C42H39N3O5. The van der Waals surface area contributed by atoms with Crippen molar-refractivity contribution >= 4 is 24.2 Å². The van der Waals surface area contributed by atoms with Crippen LogP contribution in [0.15, 0.2) is 150 Å². The van der Waals surface area contributed by atoms with E-state index in [1.165, 1.54) is 4.90 Å². The first-order valence-electron chi connectivity index (χ1n) is 16.5. The maximum Gasteiger partial charge on any atom is 0.437 e. The fraction of sp³-hybridized carbons (Fsp3) is 0.167. The van der Waals surface area contributed by atoms with Crippen LogP contribution < -0.4 is 4.74 Å². The number of hydrogen-bond donors (Lipinski definition) is 0. The molecule has 0 saturated carbocycles. The predicted molar refractivity (Wildman–Crippen MR) is 194 cm³/mol. The van der Waals surface area contributed by atoms with Gasteiger partial charge >= 0.3 is 12.2 Å². The van der Waals surface area contributed by atoms with Gasteiger partial charge in [0.05, 0.1) is 11.7 Å². The molecule has 1 saturated heterocycles. The quantitative estimate of drug-likeness (QED) is 0.148. The van der Waals surface area contributed by atoms with Crippen molar-refractivity contribution in [2.75, 3.05) is 7.05 Å². The number of likely N-dealkylation sites (N-methyl/N-ethyl adjacent to an activating group) is 1. The highest BCUT2D eigenvalue weighted by Crippen LogP contribution is 2.32. The van der Waals surface area contributed by atoms with E-state index >= 15 is 0 Å². The molecule has 1 heterocycles. The maximum absolute atomic E-state index is 14.0. The van der Waals surface area contributed by atoms with E-state index in [4.69, 9.17) is 14.2 Å². The van der Waals surface area contributed by atoms with Crippen LogP contribution in [0.1, 0.15) is 33.4 Å². The van der Waals surface area contributed by atoms with E-state index in [1.54, 1.807) is 0 Å². The Morgan fingerprint density at radius 1 is 0.660 bits per heavy atom. The molecule has 8 nitrogen and oxygen atoms in total. The SMILES string of the molecule is Cc1ccc(C=C2C(Cc3ccc(OCc4ccccc4)cc3)N(C)C(=NC(=O)OCc3ccccc3)N2C(=O)OCc2ccccc2)cc1. The van der Waals surface area contributed by atoms with Crippen molar-refractivity contribution < 1.29 is 23.8 Å². The number of ether oxygens (including phenoxy) is 3. The van der Waals surface area contributed by atoms with Crippen LogP contribution in [0.25, 0.3) is 6.08 Å². The van der Waals surface area contributed by atoms with Crippen LogP contribution in [-0.4, -0.2) is 41.0 Å². The Labute approximate surface area is 292 Å². The van der Waals surface area contributed by atoms with Crippen molar-refractivity contribution in [1.29, 1.82) is 0 Å². The number of aryl methyl sites for hydroxylation is 1. The van der Waals surface area contributed by atoms with Crippen LogP contribution in [0.2, 0.25) is 0 Å². The van der Waals surface area contributed by atoms with E-state index in [0.717, 1.165) is 39.1 Å². The lowest BCUT2D eigenvalue weighted by Crippen LogP contribution is -2.37. The van der Waals surface area contributed by atoms with Crippen LogP contribution in [0, 0.1) is 6.92 Å². The van der Waals surface area contributed by atoms with Gasteiger partial charge in [-0.2, -0.15) is 0 Å². The summed E-state index contributed by atoms with van der Waals surface area (Å²) in [4.78, 5) is 34.7. The largest absolute Gasteiger partial charge is 0.489 e. The predicted octanol–water partition coefficient (Wildman–Crippen LogP) is 8.80. The first kappa shape index (κ1) is 33.7. The van der Waals surface area contributed by atoms with Gasteiger partial charge in [0.15, 0.2) is 0 Å². The second-order valence-corrected chi connectivity index (χ2v) is 12.1. The minimum absolute atomic E-state index is 0.0484. The second-order valence-electron chi connectivity index (χ2n) is 12.1. The normalized spacial score (nSPS) is 15.7. The maximum atomic E-state index is 14.0. The molecule has 1 fully saturated rings. The molecule has 1 atom stereocenters. The third kappa shape index (κ3) is 8.85. The first-order chi connectivity index (χ1) is 24.4. The topological polar surface area (TPSA) is 80.7 Å². The average molecular weight is 666 g/mol. The third-order valence-electron chi connectivity index (χ3n) is 8.36. The summed E-state index contributed by atoms with van der Waals surface area (Å²) in [6.45, 7) is 2.59. The van der Waals surface area contributed by atoms with Crippen LogP contribution in [0.3, 0.4) is 0 Å². The second kappa shape index (κ2) is 16.3. The van der Waals surface area contributed by atoms with Gasteiger partial charge in [-0.15, -0.1) is 4.99 Å². The van der Waals surface area contributed by atoms with Gasteiger partial charge in [0.25, 0.3) is 0 Å². The molecule has 6 rings (SSSR count). The lowest BCUT2D eigenvalue weighted by molar-refractivity contribution is 0.123. The average Bonchev–Trinajstić information content (AvgIpc) is 3.40. The summed E-state index contributed by atoms with van der Waals surface area (Å²) in [5.41, 5.74) is 6.39. The highest BCUT2D eigenvalue weighted by atomic mass is 16.6. The Kier molecular flexibility index (Phi) is 11.0. The molecule has 1 aliphatic rings. The van der Waals surface area contributed by atoms with Crippen molar-refractivity contribution in [2.24, 2.45) is 4.99 Å². The highest BCUT2D eigenvalue weighted by Gasteiger charge is 2.43. The molecule has 5 aromatic rings. The van der Waals surface area contributed by atoms with Crippen LogP contribution >= 0.6 is 0 Å². The standard InChI is InChI=1S/C42H39N3O5/c1-31-18-20-32(21-19-31)27-39-38(26-33-22-24-37(25-23-33)48-28-34-12-6-3-7-13-34)44(2)40(43-41(46)49-29-35-14-8-4-9-15-35)45(39)42(47)50-30-36-16-10-5-11-17-36/h3-25,27,38H,26,28-30H2,1-2H3. The number of amides is 2. The van der Waals surface area contributed by atoms with Gasteiger partial charge < -0.3 is 19.1 Å². The van der Waals surface area contributed by atoms with Gasteiger partial charge in [-0.05, 0) is 59.4 Å². The Balaban J connectivity index is 1.30. The molecule has 0 radical (unpaired) electrons. The summed E-state index contributed by atoms with van der Waals surface area (Å²) in [5, 5.41) is 0. The molecule has 2 amide bonds. The minimum Gasteiger partial charge on any atom is -0.489 e. The molecule has 1 unspecified atom stereocenters. The lowest BCUT2D eigenvalue weighted by Gasteiger charge is -2.20. The summed E-state index contributed by atoms with van der Waals surface area (Å²) < 4.78 is 17.4. The molecule has 1 aliphatic heterocycles. The van der Waals surface area contributed by atoms with Gasteiger partial charge in [-0.25, -0.2) is 14.5 Å². The number of hydrogen-bond acceptors (Lipinski definition) is 5. The smallest absolute Gasteiger partial charge is 0.437 e. The van der Waals surface area contributed by atoms with Gasteiger partial charge in [0, 0.05) is 7.05 Å². The molecule has 0 spiro atoms. The third-order valence-corrected chi connectivity index (χ3v) is 8.36. The first-order valence-corrected chi connectivity index (χ1v) is 16.5. The van der Waals surface area contributed by atoms with E-state index in [9.17, 15) is 9.59 Å². The summed E-state index contributed by atoms with van der Waals surface area (Å²) in [7, 11) is 1.82. The minimum atomic E-state index is -0.813. The van der Waals surface area contributed by atoms with Crippen molar-refractivity contribution in [3.63, 3.8) is 0 Å². The van der Waals surface area contributed by atoms with E-state index in [0.29, 0.717) is 18.7 Å². The number of guanidine groups is 1. The Hall–Kier alpha value is -6.15. The van der Waals surface area contributed by atoms with Gasteiger partial charge in [0.2, 0.25) is 5.96 Å². The molecule has 0 N–H and O–H groups in total. The zero-order valence-corrected chi connectivity index (χ0v) is 28.1. The fourth-order valence-corrected chi connectivity index (χ4v) is 5.61. The fourth-order valence-electron chi connectivity index (χ4n) is 5.61. The number of rotatable bonds is 10. The number of benzene rings is 5. The van der Waals surface area contributed by atoms with Gasteiger partial charge in [-0.3, -0.25) is 0 Å². The summed E-state index contributed by atoms with van der Waals surface area (Å²) in [6, 6.07) is 44.4. The summed E-state index contributed by atoms with van der Waals surface area (Å²) in [6.07, 6.45) is 0.987. The molecule has 252 valence electrons. The number of carbonyl (C=O) groups is 2. The summed E-state index contributed by atoms with van der Waals surface area (Å²) in [5.74, 6) is 0.870. The Morgan fingerprint density at radius 3 is 1.78 bits per heavy atom. The molecular weight excluding hydrogens is 626 g/mol.